The minimum Gasteiger partial charge on any atom is -0.508 e. The van der Waals surface area contributed by atoms with Gasteiger partial charge in [-0.15, -0.1) is 0 Å². The van der Waals surface area contributed by atoms with Gasteiger partial charge in [0.25, 0.3) is 5.56 Å². The van der Waals surface area contributed by atoms with Crippen LogP contribution < -0.4 is 11.2 Å². The summed E-state index contributed by atoms with van der Waals surface area (Å²) in [6.07, 6.45) is 0.910. The molecule has 0 spiro atoms. The number of aromatic nitrogens is 4. The molecule has 3 aromatic heterocycles. The van der Waals surface area contributed by atoms with Crippen LogP contribution in [0.15, 0.2) is 39.9 Å². The van der Waals surface area contributed by atoms with Gasteiger partial charge in [-0.2, -0.15) is 5.10 Å². The van der Waals surface area contributed by atoms with Crippen molar-refractivity contribution in [3.8, 4) is 5.75 Å². The van der Waals surface area contributed by atoms with E-state index >= 15 is 0 Å². The number of phenols is 1. The average molecular weight is 449 g/mol. The number of rotatable bonds is 7. The fraction of sp³-hybridized carbons (Fsp3) is 0.375. The summed E-state index contributed by atoms with van der Waals surface area (Å²) < 4.78 is 4.86. The van der Waals surface area contributed by atoms with E-state index in [-0.39, 0.29) is 17.0 Å². The number of hydrogen-bond acceptors (Lipinski definition) is 6. The zero-order valence-corrected chi connectivity index (χ0v) is 19.4. The monoisotopic (exact) mass is 448 g/mol. The maximum atomic E-state index is 13.6. The number of fused-ring (bicyclic) bond motifs is 3. The van der Waals surface area contributed by atoms with Crippen molar-refractivity contribution in [1.82, 2.24) is 28.5 Å². The number of phenolic OH excluding ortho intramolecular Hbond substituents is 1. The van der Waals surface area contributed by atoms with Crippen LogP contribution in [0.2, 0.25) is 0 Å². The van der Waals surface area contributed by atoms with Crippen LogP contribution in [0.1, 0.15) is 6.42 Å². The minimum absolute atomic E-state index is 0.105. The van der Waals surface area contributed by atoms with Gasteiger partial charge >= 0.3 is 5.69 Å². The summed E-state index contributed by atoms with van der Waals surface area (Å²) in [6.45, 7) is 2.49. The lowest BCUT2D eigenvalue weighted by molar-refractivity contribution is 0.376. The van der Waals surface area contributed by atoms with Gasteiger partial charge in [-0.3, -0.25) is 18.4 Å². The first-order valence-corrected chi connectivity index (χ1v) is 11.1. The third-order valence-corrected chi connectivity index (χ3v) is 6.24. The van der Waals surface area contributed by atoms with Gasteiger partial charge in [0.15, 0.2) is 0 Å². The Bertz CT molecular complexity index is 1610. The molecule has 5 rings (SSSR count). The van der Waals surface area contributed by atoms with Crippen LogP contribution in [0.4, 0.5) is 0 Å². The van der Waals surface area contributed by atoms with Gasteiger partial charge in [-0.25, -0.2) is 4.79 Å². The second-order valence-corrected chi connectivity index (χ2v) is 9.16. The average Bonchev–Trinajstić information content (AvgIpc) is 3.13. The quantitative estimate of drug-likeness (QED) is 0.302. The van der Waals surface area contributed by atoms with Crippen LogP contribution in [0, 0.1) is 0 Å². The van der Waals surface area contributed by atoms with Crippen LogP contribution in [0.25, 0.3) is 38.2 Å². The molecule has 0 aliphatic heterocycles. The van der Waals surface area contributed by atoms with Gasteiger partial charge in [0.2, 0.25) is 0 Å². The Balaban J connectivity index is 1.90. The summed E-state index contributed by atoms with van der Waals surface area (Å²) in [5, 5.41) is 17.1. The van der Waals surface area contributed by atoms with E-state index in [9.17, 15) is 14.7 Å². The van der Waals surface area contributed by atoms with E-state index < -0.39 is 0 Å². The third kappa shape index (κ3) is 3.35. The molecule has 0 bridgehead atoms. The van der Waals surface area contributed by atoms with Gasteiger partial charge in [0.1, 0.15) is 11.3 Å². The Morgan fingerprint density at radius 1 is 0.909 bits per heavy atom. The molecule has 172 valence electrons. The van der Waals surface area contributed by atoms with Crippen molar-refractivity contribution < 1.29 is 5.11 Å². The molecular weight excluding hydrogens is 420 g/mol. The number of aryl methyl sites for hydroxylation is 1. The molecule has 0 unspecified atom stereocenters. The molecule has 0 atom stereocenters. The fourth-order valence-corrected chi connectivity index (χ4v) is 4.63. The van der Waals surface area contributed by atoms with Crippen molar-refractivity contribution >= 4 is 38.2 Å². The Labute approximate surface area is 190 Å². The number of benzene rings is 2. The molecule has 0 radical (unpaired) electrons. The number of pyridine rings is 1. The molecule has 0 saturated heterocycles. The first-order chi connectivity index (χ1) is 15.8. The van der Waals surface area contributed by atoms with Crippen LogP contribution in [-0.4, -0.2) is 74.9 Å². The van der Waals surface area contributed by atoms with Crippen LogP contribution >= 0.6 is 0 Å². The van der Waals surface area contributed by atoms with E-state index in [0.29, 0.717) is 47.0 Å². The van der Waals surface area contributed by atoms with Crippen molar-refractivity contribution in [2.24, 2.45) is 0 Å². The normalized spacial score (nSPS) is 12.5. The molecule has 0 aliphatic carbocycles. The molecule has 3 heterocycles. The van der Waals surface area contributed by atoms with Crippen molar-refractivity contribution in [1.29, 1.82) is 0 Å². The fourth-order valence-electron chi connectivity index (χ4n) is 4.63. The van der Waals surface area contributed by atoms with E-state index in [4.69, 9.17) is 5.10 Å². The molecule has 0 amide bonds. The van der Waals surface area contributed by atoms with Crippen LogP contribution in [-0.2, 0) is 13.1 Å². The Hall–Kier alpha value is -3.43. The highest BCUT2D eigenvalue weighted by Gasteiger charge is 2.22. The maximum Gasteiger partial charge on any atom is 0.336 e. The first-order valence-electron chi connectivity index (χ1n) is 11.1. The predicted molar refractivity (Wildman–Crippen MR) is 131 cm³/mol. The second-order valence-electron chi connectivity index (χ2n) is 9.16. The summed E-state index contributed by atoms with van der Waals surface area (Å²) in [5.41, 5.74) is 2.12. The zero-order chi connectivity index (χ0) is 23.4. The smallest absolute Gasteiger partial charge is 0.336 e. The predicted octanol–water partition coefficient (Wildman–Crippen LogP) is 1.77. The number of aromatic hydroxyl groups is 1. The van der Waals surface area contributed by atoms with E-state index in [0.717, 1.165) is 23.9 Å². The lowest BCUT2D eigenvalue weighted by atomic mass is 10.1. The molecule has 9 nitrogen and oxygen atoms in total. The van der Waals surface area contributed by atoms with Gasteiger partial charge < -0.3 is 14.9 Å². The van der Waals surface area contributed by atoms with Gasteiger partial charge in [-0.1, -0.05) is 0 Å². The molecule has 0 saturated carbocycles. The van der Waals surface area contributed by atoms with Crippen molar-refractivity contribution in [2.75, 3.05) is 41.3 Å². The van der Waals surface area contributed by atoms with E-state index in [1.165, 1.54) is 4.57 Å². The zero-order valence-electron chi connectivity index (χ0n) is 19.4. The molecule has 5 aromatic rings. The highest BCUT2D eigenvalue weighted by Crippen LogP contribution is 2.35. The Morgan fingerprint density at radius 2 is 1.64 bits per heavy atom. The molecule has 2 aromatic carbocycles. The standard InChI is InChI=1S/C24H28N6O3/c1-26(2)10-5-11-29-19-9-7-16-22-20(19)21(25-29)17-14-15(31)6-8-18(17)30(22)24(33)28(23(16)32)13-12-27(3)4/h6-9,14,31H,5,10-13H2,1-4H3. The van der Waals surface area contributed by atoms with Crippen LogP contribution in [0.5, 0.6) is 5.75 Å². The largest absolute Gasteiger partial charge is 0.508 e. The number of likely N-dealkylation sites (N-methyl/N-ethyl adjacent to an activating group) is 1. The summed E-state index contributed by atoms with van der Waals surface area (Å²) in [7, 11) is 7.89. The second kappa shape index (κ2) is 7.86. The molecule has 0 aliphatic rings. The SMILES string of the molecule is CN(C)CCCn1nc2c3cc(O)ccc3n3c(=O)n(CCN(C)C)c(=O)c4ccc1c2c43. The first kappa shape index (κ1) is 21.4. The van der Waals surface area contributed by atoms with Gasteiger partial charge in [0.05, 0.1) is 27.3 Å². The topological polar surface area (TPSA) is 88.0 Å². The van der Waals surface area contributed by atoms with Gasteiger partial charge in [0, 0.05) is 25.0 Å². The molecular formula is C24H28N6O3. The molecule has 1 N–H and O–H groups in total. The summed E-state index contributed by atoms with van der Waals surface area (Å²) >= 11 is 0. The number of nitrogens with zero attached hydrogens (tertiary/aromatic N) is 6. The summed E-state index contributed by atoms with van der Waals surface area (Å²) in [6, 6.07) is 8.65. The molecule has 0 fully saturated rings. The summed E-state index contributed by atoms with van der Waals surface area (Å²) in [5.74, 6) is 0.105. The summed E-state index contributed by atoms with van der Waals surface area (Å²) in [4.78, 5) is 31.1. The third-order valence-electron chi connectivity index (χ3n) is 6.24. The van der Waals surface area contributed by atoms with Crippen LogP contribution in [0.3, 0.4) is 0 Å². The maximum absolute atomic E-state index is 13.6. The highest BCUT2D eigenvalue weighted by molar-refractivity contribution is 6.21. The Kier molecular flexibility index (Phi) is 5.10. The van der Waals surface area contributed by atoms with Crippen molar-refractivity contribution in [3.05, 3.63) is 51.2 Å². The van der Waals surface area contributed by atoms with Crippen molar-refractivity contribution in [2.45, 2.75) is 19.5 Å². The van der Waals surface area contributed by atoms with Gasteiger partial charge in [-0.05, 0) is 71.5 Å². The number of hydrogen-bond donors (Lipinski definition) is 1. The van der Waals surface area contributed by atoms with E-state index in [1.807, 2.05) is 43.8 Å². The minimum atomic E-state index is -0.375. The van der Waals surface area contributed by atoms with E-state index in [1.54, 1.807) is 28.7 Å². The highest BCUT2D eigenvalue weighted by atomic mass is 16.3. The lowest BCUT2D eigenvalue weighted by Gasteiger charge is -2.16. The van der Waals surface area contributed by atoms with Crippen molar-refractivity contribution in [3.63, 3.8) is 0 Å². The van der Waals surface area contributed by atoms with E-state index in [2.05, 4.69) is 4.90 Å². The Morgan fingerprint density at radius 3 is 2.36 bits per heavy atom. The molecule has 33 heavy (non-hydrogen) atoms. The molecule has 9 heteroatoms. The lowest BCUT2D eigenvalue weighted by Crippen LogP contribution is -2.40.